The third-order valence-electron chi connectivity index (χ3n) is 4.97. The fourth-order valence-corrected chi connectivity index (χ4v) is 3.67. The minimum Gasteiger partial charge on any atom is -0.545 e. The number of carboxylic acid groups (broad SMARTS) is 3. The van der Waals surface area contributed by atoms with Gasteiger partial charge in [-0.1, -0.05) is 36.5 Å². The number of aromatic carboxylic acids is 3. The minimum atomic E-state index is -1.85. The van der Waals surface area contributed by atoms with Crippen LogP contribution in [0.4, 0.5) is 0 Å². The molecule has 0 radical (unpaired) electrons. The molecule has 0 aliphatic heterocycles. The SMILES string of the molecule is C=C(C)COCCc1c(CCOCC(=C)C)c(C(=O)[O-])c(C(=O)[O-])c(CCOCC(=C)C)c1C(=O)[O-]. The molecule has 0 saturated heterocycles. The van der Waals surface area contributed by atoms with Crippen LogP contribution < -0.4 is 15.3 Å². The van der Waals surface area contributed by atoms with Crippen molar-refractivity contribution < 1.29 is 43.9 Å². The molecule has 0 aliphatic carbocycles. The smallest absolute Gasteiger partial charge is 0.0725 e. The van der Waals surface area contributed by atoms with Gasteiger partial charge in [-0.05, 0) is 56.7 Å². The van der Waals surface area contributed by atoms with Crippen molar-refractivity contribution in [2.45, 2.75) is 40.0 Å². The van der Waals surface area contributed by atoms with Gasteiger partial charge in [-0.15, -0.1) is 0 Å². The van der Waals surface area contributed by atoms with E-state index in [1.54, 1.807) is 20.8 Å². The van der Waals surface area contributed by atoms with Crippen molar-refractivity contribution >= 4 is 17.9 Å². The summed E-state index contributed by atoms with van der Waals surface area (Å²) < 4.78 is 16.4. The average Bonchev–Trinajstić information content (AvgIpc) is 2.75. The maximum absolute atomic E-state index is 12.3. The molecule has 0 atom stereocenters. The maximum Gasteiger partial charge on any atom is 0.0725 e. The predicted octanol–water partition coefficient (Wildman–Crippen LogP) is 0.183. The van der Waals surface area contributed by atoms with E-state index in [9.17, 15) is 29.7 Å². The van der Waals surface area contributed by atoms with E-state index in [1.165, 1.54) is 0 Å². The molecular formula is C27H33O9-3. The molecule has 0 spiro atoms. The second-order valence-electron chi connectivity index (χ2n) is 8.70. The number of hydrogen-bond acceptors (Lipinski definition) is 9. The molecule has 0 amide bonds. The summed E-state index contributed by atoms with van der Waals surface area (Å²) in [5.41, 5.74) is 0.0883. The van der Waals surface area contributed by atoms with Crippen molar-refractivity contribution in [3.8, 4) is 0 Å². The summed E-state index contributed by atoms with van der Waals surface area (Å²) in [7, 11) is 0. The molecule has 0 fully saturated rings. The van der Waals surface area contributed by atoms with Gasteiger partial charge in [0.2, 0.25) is 0 Å². The lowest BCUT2D eigenvalue weighted by Gasteiger charge is -2.28. The van der Waals surface area contributed by atoms with Gasteiger partial charge < -0.3 is 43.9 Å². The molecule has 9 heteroatoms. The van der Waals surface area contributed by atoms with Crippen LogP contribution >= 0.6 is 0 Å². The van der Waals surface area contributed by atoms with E-state index in [1.807, 2.05) is 0 Å². The summed E-state index contributed by atoms with van der Waals surface area (Å²) in [5.74, 6) is -5.28. The Hall–Kier alpha value is -3.27. The Bertz CT molecular complexity index is 1020. The van der Waals surface area contributed by atoms with Crippen molar-refractivity contribution in [3.05, 3.63) is 69.8 Å². The lowest BCUT2D eigenvalue weighted by Crippen LogP contribution is -2.37. The molecule has 0 heterocycles. The summed E-state index contributed by atoms with van der Waals surface area (Å²) >= 11 is 0. The molecular weight excluding hydrogens is 468 g/mol. The molecule has 1 rings (SSSR count). The molecule has 0 unspecified atom stereocenters. The van der Waals surface area contributed by atoms with Crippen molar-refractivity contribution in [1.82, 2.24) is 0 Å². The molecule has 1 aromatic carbocycles. The molecule has 0 bridgehead atoms. The maximum atomic E-state index is 12.3. The van der Waals surface area contributed by atoms with Gasteiger partial charge in [-0.3, -0.25) is 0 Å². The Morgan fingerprint density at radius 1 is 0.556 bits per heavy atom. The number of ether oxygens (including phenoxy) is 3. The molecule has 0 aliphatic rings. The van der Waals surface area contributed by atoms with Crippen molar-refractivity contribution in [2.24, 2.45) is 0 Å². The van der Waals surface area contributed by atoms with Crippen molar-refractivity contribution in [1.29, 1.82) is 0 Å². The number of benzene rings is 1. The third-order valence-corrected chi connectivity index (χ3v) is 4.97. The lowest BCUT2D eigenvalue weighted by atomic mass is 9.83. The highest BCUT2D eigenvalue weighted by atomic mass is 16.5. The highest BCUT2D eigenvalue weighted by Crippen LogP contribution is 2.30. The first-order valence-electron chi connectivity index (χ1n) is 11.4. The van der Waals surface area contributed by atoms with Crippen LogP contribution in [0.1, 0.15) is 68.5 Å². The zero-order valence-electron chi connectivity index (χ0n) is 21.2. The second-order valence-corrected chi connectivity index (χ2v) is 8.70. The second kappa shape index (κ2) is 15.0. The van der Waals surface area contributed by atoms with Gasteiger partial charge in [0, 0.05) is 16.7 Å². The van der Waals surface area contributed by atoms with Gasteiger partial charge in [0.1, 0.15) is 0 Å². The average molecular weight is 502 g/mol. The van der Waals surface area contributed by atoms with E-state index >= 15 is 0 Å². The largest absolute Gasteiger partial charge is 0.545 e. The predicted molar refractivity (Wildman–Crippen MR) is 127 cm³/mol. The van der Waals surface area contributed by atoms with E-state index in [4.69, 9.17) is 14.2 Å². The van der Waals surface area contributed by atoms with Crippen LogP contribution in [0.5, 0.6) is 0 Å². The van der Waals surface area contributed by atoms with Crippen LogP contribution in [-0.4, -0.2) is 57.5 Å². The number of carboxylic acids is 3. The van der Waals surface area contributed by atoms with E-state index < -0.39 is 34.6 Å². The van der Waals surface area contributed by atoms with Gasteiger partial charge in [0.15, 0.2) is 0 Å². The highest BCUT2D eigenvalue weighted by molar-refractivity contribution is 6.06. The third kappa shape index (κ3) is 9.41. The minimum absolute atomic E-state index is 0.0210. The van der Waals surface area contributed by atoms with Crippen LogP contribution in [-0.2, 0) is 33.5 Å². The van der Waals surface area contributed by atoms with Gasteiger partial charge in [0.05, 0.1) is 57.5 Å². The summed E-state index contributed by atoms with van der Waals surface area (Å²) in [6, 6.07) is 0. The van der Waals surface area contributed by atoms with Crippen LogP contribution in [0.15, 0.2) is 36.5 Å². The van der Waals surface area contributed by atoms with Crippen LogP contribution in [0.25, 0.3) is 0 Å². The van der Waals surface area contributed by atoms with Crippen LogP contribution in [0.2, 0.25) is 0 Å². The van der Waals surface area contributed by atoms with Crippen LogP contribution in [0, 0.1) is 0 Å². The Morgan fingerprint density at radius 2 is 0.833 bits per heavy atom. The normalized spacial score (nSPS) is 10.8. The topological polar surface area (TPSA) is 148 Å². The quantitative estimate of drug-likeness (QED) is 0.203. The number of carbonyl (C=O) groups excluding carboxylic acids is 3. The highest BCUT2D eigenvalue weighted by Gasteiger charge is 2.25. The Kier molecular flexibility index (Phi) is 12.8. The molecule has 36 heavy (non-hydrogen) atoms. The first-order chi connectivity index (χ1) is 16.9. The number of hydrogen-bond donors (Lipinski definition) is 0. The van der Waals surface area contributed by atoms with E-state index in [2.05, 4.69) is 19.7 Å². The fourth-order valence-electron chi connectivity index (χ4n) is 3.67. The van der Waals surface area contributed by atoms with Gasteiger partial charge in [0.25, 0.3) is 0 Å². The van der Waals surface area contributed by atoms with Crippen molar-refractivity contribution in [3.63, 3.8) is 0 Å². The number of carbonyl (C=O) groups is 3. The number of rotatable bonds is 18. The first kappa shape index (κ1) is 30.8. The molecule has 9 nitrogen and oxygen atoms in total. The summed E-state index contributed by atoms with van der Waals surface area (Å²) in [5, 5.41) is 36.7. The standard InChI is InChI=1S/C27H36O9/c1-16(2)13-34-10-7-19-20(8-11-35-14-17(3)4)23(26(30)31)24(27(32)33)21(22(19)25(28)29)9-12-36-15-18(5)6/h1,3,5,7-15H2,2,4,6H3,(H,28,29)(H,30,31)(H,32,33)/p-3. The molecule has 0 saturated carbocycles. The monoisotopic (exact) mass is 501 g/mol. The Labute approximate surface area is 211 Å². The van der Waals surface area contributed by atoms with Gasteiger partial charge >= 0.3 is 0 Å². The van der Waals surface area contributed by atoms with E-state index in [0.717, 1.165) is 11.1 Å². The summed E-state index contributed by atoms with van der Waals surface area (Å²) in [6.45, 7) is 16.8. The van der Waals surface area contributed by atoms with E-state index in [0.29, 0.717) is 5.57 Å². The molecule has 0 N–H and O–H groups in total. The summed E-state index contributed by atoms with van der Waals surface area (Å²) in [4.78, 5) is 36.7. The Balaban J connectivity index is 3.73. The fraction of sp³-hybridized carbons (Fsp3) is 0.444. The molecule has 198 valence electrons. The molecule has 0 aromatic heterocycles. The van der Waals surface area contributed by atoms with Gasteiger partial charge in [-0.2, -0.15) is 0 Å². The van der Waals surface area contributed by atoms with Crippen LogP contribution in [0.3, 0.4) is 0 Å². The van der Waals surface area contributed by atoms with Gasteiger partial charge in [-0.25, -0.2) is 0 Å². The zero-order chi connectivity index (χ0) is 27.4. The Morgan fingerprint density at radius 3 is 1.14 bits per heavy atom. The molecule has 1 aromatic rings. The van der Waals surface area contributed by atoms with Crippen molar-refractivity contribution in [2.75, 3.05) is 39.6 Å². The lowest BCUT2D eigenvalue weighted by molar-refractivity contribution is -0.260. The summed E-state index contributed by atoms with van der Waals surface area (Å²) in [6.07, 6.45) is -0.342. The van der Waals surface area contributed by atoms with E-state index in [-0.39, 0.29) is 75.6 Å². The first-order valence-corrected chi connectivity index (χ1v) is 11.4. The zero-order valence-corrected chi connectivity index (χ0v) is 21.2.